The lowest BCUT2D eigenvalue weighted by atomic mass is 9.85. The zero-order chi connectivity index (χ0) is 23.1. The van der Waals surface area contributed by atoms with E-state index in [9.17, 15) is 23.6 Å². The molecule has 0 unspecified atom stereocenters. The van der Waals surface area contributed by atoms with Gasteiger partial charge in [-0.05, 0) is 52.0 Å². The number of esters is 3. The maximum atomic E-state index is 13.0. The van der Waals surface area contributed by atoms with Gasteiger partial charge in [-0.2, -0.15) is 0 Å². The number of Topliss-reactive ketones (excluding diaryl/α,β-unsaturated/α-hetero) is 1. The highest BCUT2D eigenvalue weighted by molar-refractivity contribution is 6.06. The van der Waals surface area contributed by atoms with Crippen LogP contribution >= 0.6 is 0 Å². The van der Waals surface area contributed by atoms with Crippen molar-refractivity contribution >= 4 is 23.7 Å². The van der Waals surface area contributed by atoms with E-state index in [1.807, 2.05) is 0 Å². The molecule has 0 aromatic heterocycles. The lowest BCUT2D eigenvalue weighted by molar-refractivity contribution is -0.151. The molecule has 8 nitrogen and oxygen atoms in total. The van der Waals surface area contributed by atoms with Crippen molar-refractivity contribution in [3.05, 3.63) is 58.2 Å². The van der Waals surface area contributed by atoms with Gasteiger partial charge < -0.3 is 19.5 Å². The Balaban J connectivity index is 2.33. The van der Waals surface area contributed by atoms with Gasteiger partial charge in [0.1, 0.15) is 11.7 Å². The van der Waals surface area contributed by atoms with Gasteiger partial charge in [-0.15, -0.1) is 0 Å². The number of hydrogen-bond acceptors (Lipinski definition) is 8. The molecule has 0 amide bonds. The van der Waals surface area contributed by atoms with Crippen LogP contribution in [0.2, 0.25) is 0 Å². The number of rotatable bonds is 8. The molecule has 0 atom stereocenters. The molecule has 1 N–H and O–H groups in total. The van der Waals surface area contributed by atoms with Crippen molar-refractivity contribution in [3.8, 4) is 0 Å². The van der Waals surface area contributed by atoms with E-state index in [1.54, 1.807) is 27.7 Å². The Bertz CT molecular complexity index is 907. The molecule has 1 aliphatic rings. The van der Waals surface area contributed by atoms with Crippen molar-refractivity contribution in [3.63, 3.8) is 0 Å². The van der Waals surface area contributed by atoms with Crippen LogP contribution in [0.1, 0.15) is 38.1 Å². The Morgan fingerprint density at radius 2 is 1.35 bits per heavy atom. The second kappa shape index (κ2) is 10.5. The Morgan fingerprint density at radius 1 is 0.871 bits per heavy atom. The molecular weight excluding hydrogens is 409 g/mol. The van der Waals surface area contributed by atoms with E-state index in [0.717, 1.165) is 12.1 Å². The van der Waals surface area contributed by atoms with E-state index in [4.69, 9.17) is 14.2 Å². The van der Waals surface area contributed by atoms with E-state index in [0.29, 0.717) is 11.4 Å². The molecule has 1 heterocycles. The summed E-state index contributed by atoms with van der Waals surface area (Å²) in [5.74, 6) is -5.09. The van der Waals surface area contributed by atoms with Gasteiger partial charge in [0.2, 0.25) is 0 Å². The van der Waals surface area contributed by atoms with E-state index < -0.39 is 42.0 Å². The van der Waals surface area contributed by atoms with Gasteiger partial charge in [-0.25, -0.2) is 14.0 Å². The predicted molar refractivity (Wildman–Crippen MR) is 107 cm³/mol. The molecule has 166 valence electrons. The summed E-state index contributed by atoms with van der Waals surface area (Å²) in [7, 11) is 0. The van der Waals surface area contributed by atoms with Crippen molar-refractivity contribution < 1.29 is 37.8 Å². The second-order valence-corrected chi connectivity index (χ2v) is 6.61. The van der Waals surface area contributed by atoms with Crippen molar-refractivity contribution in [2.45, 2.75) is 27.7 Å². The van der Waals surface area contributed by atoms with Crippen molar-refractivity contribution in [2.75, 3.05) is 19.8 Å². The SMILES string of the molecule is CCOC(=O)C1=C(C)NC(C)=C(C(=O)OCC)C1C(=O)OCC(=O)c1ccc(F)cc1. The molecule has 0 radical (unpaired) electrons. The number of dihydropyridines is 1. The Kier molecular flexibility index (Phi) is 8.07. The lowest BCUT2D eigenvalue weighted by Crippen LogP contribution is -2.38. The van der Waals surface area contributed by atoms with Crippen molar-refractivity contribution in [1.29, 1.82) is 0 Å². The summed E-state index contributed by atoms with van der Waals surface area (Å²) in [5, 5.41) is 2.89. The summed E-state index contributed by atoms with van der Waals surface area (Å²) in [6.45, 7) is 5.77. The Labute approximate surface area is 179 Å². The number of hydrogen-bond donors (Lipinski definition) is 1. The third-order valence-corrected chi connectivity index (χ3v) is 4.50. The molecule has 1 aliphatic heterocycles. The smallest absolute Gasteiger partial charge is 0.337 e. The summed E-state index contributed by atoms with van der Waals surface area (Å²) in [6, 6.07) is 4.74. The molecule has 0 bridgehead atoms. The average molecular weight is 433 g/mol. The molecule has 2 rings (SSSR count). The number of allylic oxidation sites excluding steroid dienone is 2. The number of benzene rings is 1. The first kappa shape index (κ1) is 23.8. The first-order valence-corrected chi connectivity index (χ1v) is 9.69. The number of ketones is 1. The standard InChI is InChI=1S/C22H24FNO7/c1-5-29-20(26)17-12(3)24-13(4)18(21(27)30-6-2)19(17)22(28)31-11-16(25)14-7-9-15(23)10-8-14/h7-10,19,24H,5-6,11H2,1-4H3. The highest BCUT2D eigenvalue weighted by Gasteiger charge is 2.42. The number of carbonyl (C=O) groups is 4. The maximum Gasteiger partial charge on any atom is 0.337 e. The van der Waals surface area contributed by atoms with Crippen LogP contribution < -0.4 is 5.32 Å². The number of ether oxygens (including phenoxy) is 3. The van der Waals surface area contributed by atoms with Gasteiger partial charge in [0, 0.05) is 17.0 Å². The minimum atomic E-state index is -1.43. The van der Waals surface area contributed by atoms with Gasteiger partial charge in [-0.1, -0.05) is 0 Å². The number of nitrogens with one attached hydrogen (secondary N) is 1. The minimum Gasteiger partial charge on any atom is -0.463 e. The highest BCUT2D eigenvalue weighted by atomic mass is 19.1. The third kappa shape index (κ3) is 5.56. The first-order valence-electron chi connectivity index (χ1n) is 9.69. The molecule has 0 spiro atoms. The molecule has 1 aromatic rings. The van der Waals surface area contributed by atoms with Crippen LogP contribution in [0.25, 0.3) is 0 Å². The van der Waals surface area contributed by atoms with Crippen LogP contribution in [0.5, 0.6) is 0 Å². The van der Waals surface area contributed by atoms with E-state index >= 15 is 0 Å². The molecular formula is C22H24FNO7. The van der Waals surface area contributed by atoms with Crippen LogP contribution in [0.15, 0.2) is 46.8 Å². The van der Waals surface area contributed by atoms with Gasteiger partial charge in [-0.3, -0.25) is 9.59 Å². The van der Waals surface area contributed by atoms with Gasteiger partial charge in [0.05, 0.1) is 24.4 Å². The van der Waals surface area contributed by atoms with Gasteiger partial charge >= 0.3 is 17.9 Å². The van der Waals surface area contributed by atoms with E-state index in [1.165, 1.54) is 12.1 Å². The van der Waals surface area contributed by atoms with Gasteiger partial charge in [0.15, 0.2) is 12.4 Å². The fourth-order valence-electron chi connectivity index (χ4n) is 3.13. The van der Waals surface area contributed by atoms with Crippen LogP contribution in [0, 0.1) is 11.7 Å². The first-order chi connectivity index (χ1) is 14.7. The fourth-order valence-corrected chi connectivity index (χ4v) is 3.13. The van der Waals surface area contributed by atoms with Gasteiger partial charge in [0.25, 0.3) is 0 Å². The average Bonchev–Trinajstić information content (AvgIpc) is 2.71. The van der Waals surface area contributed by atoms with Crippen LogP contribution in [0.4, 0.5) is 4.39 Å². The molecule has 1 aromatic carbocycles. The molecule has 9 heteroatoms. The number of halogens is 1. The summed E-state index contributed by atoms with van der Waals surface area (Å²) >= 11 is 0. The summed E-state index contributed by atoms with van der Waals surface area (Å²) in [5.41, 5.74) is 0.574. The minimum absolute atomic E-state index is 0.0534. The third-order valence-electron chi connectivity index (χ3n) is 4.50. The molecule has 0 aliphatic carbocycles. The Morgan fingerprint density at radius 3 is 1.81 bits per heavy atom. The molecule has 0 fully saturated rings. The quantitative estimate of drug-likeness (QED) is 0.378. The maximum absolute atomic E-state index is 13.0. The summed E-state index contributed by atoms with van der Waals surface area (Å²) in [6.07, 6.45) is 0. The molecule has 0 saturated carbocycles. The van der Waals surface area contributed by atoms with Crippen LogP contribution in [-0.4, -0.2) is 43.5 Å². The van der Waals surface area contributed by atoms with E-state index in [2.05, 4.69) is 5.32 Å². The van der Waals surface area contributed by atoms with Crippen molar-refractivity contribution in [1.82, 2.24) is 5.32 Å². The predicted octanol–water partition coefficient (Wildman–Crippen LogP) is 2.45. The monoisotopic (exact) mass is 433 g/mol. The van der Waals surface area contributed by atoms with Crippen LogP contribution in [-0.2, 0) is 28.6 Å². The zero-order valence-electron chi connectivity index (χ0n) is 17.7. The highest BCUT2D eigenvalue weighted by Crippen LogP contribution is 2.32. The summed E-state index contributed by atoms with van der Waals surface area (Å²) < 4.78 is 28.3. The summed E-state index contributed by atoms with van der Waals surface area (Å²) in [4.78, 5) is 50.3. The van der Waals surface area contributed by atoms with Crippen molar-refractivity contribution in [2.24, 2.45) is 5.92 Å². The normalized spacial score (nSPS) is 14.1. The second-order valence-electron chi connectivity index (χ2n) is 6.61. The zero-order valence-corrected chi connectivity index (χ0v) is 17.7. The van der Waals surface area contributed by atoms with E-state index in [-0.39, 0.29) is 29.9 Å². The Hall–Kier alpha value is -3.49. The molecule has 31 heavy (non-hydrogen) atoms. The topological polar surface area (TPSA) is 108 Å². The largest absolute Gasteiger partial charge is 0.463 e. The fraction of sp³-hybridized carbons (Fsp3) is 0.364. The van der Waals surface area contributed by atoms with Crippen LogP contribution in [0.3, 0.4) is 0 Å². The lowest BCUT2D eigenvalue weighted by Gasteiger charge is -2.28. The number of carbonyl (C=O) groups excluding carboxylic acids is 4. The molecule has 0 saturated heterocycles.